The van der Waals surface area contributed by atoms with E-state index in [1.165, 1.54) is 0 Å². The second kappa shape index (κ2) is 4.43. The van der Waals surface area contributed by atoms with Crippen molar-refractivity contribution in [1.82, 2.24) is 0 Å². The van der Waals surface area contributed by atoms with Crippen LogP contribution in [0.15, 0.2) is 23.1 Å². The number of ether oxygens (including phenoxy) is 1. The third-order valence-corrected chi connectivity index (χ3v) is 1.98. The molecule has 1 aromatic rings. The maximum atomic E-state index is 12.9. The molecule has 0 fully saturated rings. The van der Waals surface area contributed by atoms with Gasteiger partial charge in [0.1, 0.15) is 0 Å². The summed E-state index contributed by atoms with van der Waals surface area (Å²) in [6.07, 6.45) is 0. The standard InChI is InChI=1S/C7H5F3O3S/c8-5-3-4(14(11)12)1-2-6(5)13-7(9)10/h1-3,7H,(H,11,12). The molecule has 3 nitrogen and oxygen atoms in total. The largest absolute Gasteiger partial charge is 0.432 e. The number of benzene rings is 1. The monoisotopic (exact) mass is 226 g/mol. The maximum Gasteiger partial charge on any atom is 0.387 e. The lowest BCUT2D eigenvalue weighted by atomic mass is 10.3. The number of halogens is 3. The first kappa shape index (κ1) is 11.0. The average Bonchev–Trinajstić information content (AvgIpc) is 2.07. The quantitative estimate of drug-likeness (QED) is 0.802. The van der Waals surface area contributed by atoms with E-state index in [2.05, 4.69) is 4.74 Å². The van der Waals surface area contributed by atoms with Crippen molar-refractivity contribution in [1.29, 1.82) is 0 Å². The van der Waals surface area contributed by atoms with E-state index in [0.29, 0.717) is 6.07 Å². The van der Waals surface area contributed by atoms with Gasteiger partial charge in [-0.2, -0.15) is 8.78 Å². The highest BCUT2D eigenvalue weighted by Gasteiger charge is 2.11. The van der Waals surface area contributed by atoms with Crippen molar-refractivity contribution in [3.05, 3.63) is 24.0 Å². The molecule has 1 rings (SSSR count). The molecule has 1 aromatic carbocycles. The van der Waals surface area contributed by atoms with Crippen LogP contribution in [0.1, 0.15) is 0 Å². The lowest BCUT2D eigenvalue weighted by Crippen LogP contribution is -2.04. The van der Waals surface area contributed by atoms with E-state index in [-0.39, 0.29) is 4.90 Å². The lowest BCUT2D eigenvalue weighted by Gasteiger charge is -2.05. The van der Waals surface area contributed by atoms with Crippen LogP contribution in [0.25, 0.3) is 0 Å². The van der Waals surface area contributed by atoms with Crippen LogP contribution in [-0.2, 0) is 11.1 Å². The fourth-order valence-corrected chi connectivity index (χ4v) is 1.17. The SMILES string of the molecule is O=S(O)c1ccc(OC(F)F)c(F)c1. The van der Waals surface area contributed by atoms with Crippen LogP contribution in [0.3, 0.4) is 0 Å². The van der Waals surface area contributed by atoms with Crippen LogP contribution < -0.4 is 4.74 Å². The van der Waals surface area contributed by atoms with E-state index in [0.717, 1.165) is 12.1 Å². The van der Waals surface area contributed by atoms with Crippen molar-refractivity contribution in [3.8, 4) is 5.75 Å². The van der Waals surface area contributed by atoms with Gasteiger partial charge < -0.3 is 9.29 Å². The average molecular weight is 226 g/mol. The minimum absolute atomic E-state index is 0.218. The predicted octanol–water partition coefficient (Wildman–Crippen LogP) is 2.01. The van der Waals surface area contributed by atoms with Gasteiger partial charge in [0.25, 0.3) is 0 Å². The molecule has 0 aliphatic rings. The molecule has 0 radical (unpaired) electrons. The van der Waals surface area contributed by atoms with Crippen LogP contribution >= 0.6 is 0 Å². The van der Waals surface area contributed by atoms with Gasteiger partial charge in [0.05, 0.1) is 4.90 Å². The van der Waals surface area contributed by atoms with Gasteiger partial charge in [0, 0.05) is 0 Å². The minimum Gasteiger partial charge on any atom is -0.432 e. The molecule has 0 aromatic heterocycles. The second-order valence-electron chi connectivity index (χ2n) is 2.22. The fraction of sp³-hybridized carbons (Fsp3) is 0.143. The van der Waals surface area contributed by atoms with E-state index in [1.807, 2.05) is 0 Å². The van der Waals surface area contributed by atoms with Crippen molar-refractivity contribution < 1.29 is 26.7 Å². The molecular formula is C7H5F3O3S. The Labute approximate surface area is 79.8 Å². The van der Waals surface area contributed by atoms with Gasteiger partial charge in [-0.05, 0) is 18.2 Å². The zero-order chi connectivity index (χ0) is 10.7. The maximum absolute atomic E-state index is 12.9. The molecule has 78 valence electrons. The molecule has 0 bridgehead atoms. The number of alkyl halides is 2. The molecule has 0 saturated carbocycles. The van der Waals surface area contributed by atoms with Gasteiger partial charge in [0.2, 0.25) is 0 Å². The fourth-order valence-electron chi connectivity index (χ4n) is 0.782. The summed E-state index contributed by atoms with van der Waals surface area (Å²) in [6.45, 7) is -3.13. The summed E-state index contributed by atoms with van der Waals surface area (Å²) in [4.78, 5) is -0.218. The zero-order valence-corrected chi connectivity index (χ0v) is 7.43. The topological polar surface area (TPSA) is 46.5 Å². The Morgan fingerprint density at radius 2 is 2.07 bits per heavy atom. The van der Waals surface area contributed by atoms with E-state index >= 15 is 0 Å². The summed E-state index contributed by atoms with van der Waals surface area (Å²) in [5, 5.41) is 0. The molecule has 7 heteroatoms. The molecule has 0 spiro atoms. The van der Waals surface area contributed by atoms with Crippen LogP contribution in [0.4, 0.5) is 13.2 Å². The lowest BCUT2D eigenvalue weighted by molar-refractivity contribution is -0.0522. The molecule has 1 atom stereocenters. The molecular weight excluding hydrogens is 221 g/mol. The smallest absolute Gasteiger partial charge is 0.387 e. The van der Waals surface area contributed by atoms with Crippen LogP contribution in [0.5, 0.6) is 5.75 Å². The number of rotatable bonds is 3. The normalized spacial score (nSPS) is 12.9. The van der Waals surface area contributed by atoms with Crippen molar-refractivity contribution in [3.63, 3.8) is 0 Å². The Morgan fingerprint density at radius 3 is 2.50 bits per heavy atom. The summed E-state index contributed by atoms with van der Waals surface area (Å²) < 4.78 is 59.0. The molecule has 1 unspecified atom stereocenters. The summed E-state index contributed by atoms with van der Waals surface area (Å²) in [6, 6.07) is 2.55. The highest BCUT2D eigenvalue weighted by atomic mass is 32.2. The van der Waals surface area contributed by atoms with E-state index < -0.39 is 29.3 Å². The Hall–Kier alpha value is -1.08. The van der Waals surface area contributed by atoms with Gasteiger partial charge in [-0.25, -0.2) is 8.60 Å². The van der Waals surface area contributed by atoms with Gasteiger partial charge in [-0.3, -0.25) is 0 Å². The summed E-state index contributed by atoms with van der Waals surface area (Å²) in [7, 11) is 0. The summed E-state index contributed by atoms with van der Waals surface area (Å²) in [5.74, 6) is -1.76. The molecule has 0 heterocycles. The minimum atomic E-state index is -3.13. The Morgan fingerprint density at radius 1 is 1.43 bits per heavy atom. The molecule has 1 N–H and O–H groups in total. The van der Waals surface area contributed by atoms with Gasteiger partial charge in [-0.15, -0.1) is 0 Å². The van der Waals surface area contributed by atoms with Crippen molar-refractivity contribution in [2.75, 3.05) is 0 Å². The van der Waals surface area contributed by atoms with Crippen LogP contribution in [0.2, 0.25) is 0 Å². The highest BCUT2D eigenvalue weighted by Crippen LogP contribution is 2.21. The summed E-state index contributed by atoms with van der Waals surface area (Å²) >= 11 is -2.34. The molecule has 0 saturated heterocycles. The molecule has 0 aliphatic carbocycles. The zero-order valence-electron chi connectivity index (χ0n) is 6.62. The molecule has 0 aliphatic heterocycles. The molecule has 0 amide bonds. The van der Waals surface area contributed by atoms with Crippen LogP contribution in [-0.4, -0.2) is 15.4 Å². The third kappa shape index (κ3) is 2.71. The highest BCUT2D eigenvalue weighted by molar-refractivity contribution is 7.79. The van der Waals surface area contributed by atoms with Crippen molar-refractivity contribution >= 4 is 11.1 Å². The predicted molar refractivity (Wildman–Crippen MR) is 42.1 cm³/mol. The Bertz CT molecular complexity index is 356. The first-order chi connectivity index (χ1) is 6.50. The Balaban J connectivity index is 2.95. The molecule has 14 heavy (non-hydrogen) atoms. The number of hydrogen-bond donors (Lipinski definition) is 1. The van der Waals surface area contributed by atoms with E-state index in [1.54, 1.807) is 0 Å². The van der Waals surface area contributed by atoms with Gasteiger partial charge in [-0.1, -0.05) is 0 Å². The summed E-state index contributed by atoms with van der Waals surface area (Å²) in [5.41, 5.74) is 0. The second-order valence-corrected chi connectivity index (χ2v) is 3.19. The van der Waals surface area contributed by atoms with Gasteiger partial charge in [0.15, 0.2) is 22.6 Å². The van der Waals surface area contributed by atoms with Gasteiger partial charge >= 0.3 is 6.61 Å². The van der Waals surface area contributed by atoms with Crippen LogP contribution in [0, 0.1) is 5.82 Å². The Kier molecular flexibility index (Phi) is 3.48. The first-order valence-corrected chi connectivity index (χ1v) is 4.46. The number of hydrogen-bond acceptors (Lipinski definition) is 2. The van der Waals surface area contributed by atoms with Crippen molar-refractivity contribution in [2.24, 2.45) is 0 Å². The van der Waals surface area contributed by atoms with E-state index in [9.17, 15) is 17.4 Å². The first-order valence-electron chi connectivity index (χ1n) is 3.36. The van der Waals surface area contributed by atoms with Crippen molar-refractivity contribution in [2.45, 2.75) is 11.5 Å². The third-order valence-electron chi connectivity index (χ3n) is 1.32. The van der Waals surface area contributed by atoms with E-state index in [4.69, 9.17) is 4.55 Å².